The molecular weight excluding hydrogens is 281 g/mol. The SMILES string of the molecule is CC(C)NCCc1ncc(-c2ccc(C(F)(F)F)cc2)o1. The fourth-order valence-corrected chi connectivity index (χ4v) is 1.85. The monoisotopic (exact) mass is 298 g/mol. The van der Waals surface area contributed by atoms with E-state index in [-0.39, 0.29) is 0 Å². The second kappa shape index (κ2) is 6.30. The van der Waals surface area contributed by atoms with E-state index in [2.05, 4.69) is 10.3 Å². The Morgan fingerprint density at radius 2 is 1.86 bits per heavy atom. The van der Waals surface area contributed by atoms with Crippen LogP contribution in [-0.2, 0) is 12.6 Å². The first kappa shape index (κ1) is 15.6. The molecule has 1 N–H and O–H groups in total. The predicted octanol–water partition coefficient (Wildman–Crippen LogP) is 3.90. The molecule has 0 aliphatic carbocycles. The van der Waals surface area contributed by atoms with Crippen molar-refractivity contribution in [2.45, 2.75) is 32.5 Å². The summed E-state index contributed by atoms with van der Waals surface area (Å²) in [5.74, 6) is 1.04. The number of alkyl halides is 3. The number of nitrogens with one attached hydrogen (secondary N) is 1. The van der Waals surface area contributed by atoms with Crippen LogP contribution in [0.3, 0.4) is 0 Å². The van der Waals surface area contributed by atoms with Gasteiger partial charge in [-0.05, 0) is 12.1 Å². The summed E-state index contributed by atoms with van der Waals surface area (Å²) in [6.45, 7) is 4.83. The number of aromatic nitrogens is 1. The standard InChI is InChI=1S/C15H17F3N2O/c1-10(2)19-8-7-14-20-9-13(21-14)11-3-5-12(6-4-11)15(16,17)18/h3-6,9-10,19H,7-8H2,1-2H3. The number of benzene rings is 1. The molecule has 0 amide bonds. The minimum absolute atomic E-state index is 0.384. The third-order valence-electron chi connectivity index (χ3n) is 2.94. The van der Waals surface area contributed by atoms with Crippen LogP contribution in [0.15, 0.2) is 34.9 Å². The van der Waals surface area contributed by atoms with Gasteiger partial charge in [-0.25, -0.2) is 4.98 Å². The Bertz CT molecular complexity index is 573. The second-order valence-corrected chi connectivity index (χ2v) is 5.05. The highest BCUT2D eigenvalue weighted by molar-refractivity contribution is 5.56. The van der Waals surface area contributed by atoms with E-state index in [9.17, 15) is 13.2 Å². The molecular formula is C15H17F3N2O. The molecule has 0 saturated heterocycles. The number of oxazole rings is 1. The van der Waals surface area contributed by atoms with Crippen molar-refractivity contribution in [3.8, 4) is 11.3 Å². The zero-order valence-corrected chi connectivity index (χ0v) is 11.9. The summed E-state index contributed by atoms with van der Waals surface area (Å²) in [5, 5.41) is 3.24. The van der Waals surface area contributed by atoms with Crippen molar-refractivity contribution in [1.29, 1.82) is 0 Å². The molecule has 2 aromatic rings. The van der Waals surface area contributed by atoms with Gasteiger partial charge in [0.2, 0.25) is 0 Å². The van der Waals surface area contributed by atoms with Gasteiger partial charge in [0.05, 0.1) is 11.8 Å². The Kier molecular flexibility index (Phi) is 4.67. The Morgan fingerprint density at radius 3 is 2.43 bits per heavy atom. The van der Waals surface area contributed by atoms with Crippen LogP contribution in [0.25, 0.3) is 11.3 Å². The number of rotatable bonds is 5. The first-order chi connectivity index (χ1) is 9.86. The summed E-state index contributed by atoms with van der Waals surface area (Å²) in [7, 11) is 0. The number of hydrogen-bond acceptors (Lipinski definition) is 3. The number of nitrogens with zero attached hydrogens (tertiary/aromatic N) is 1. The molecule has 6 heteroatoms. The van der Waals surface area contributed by atoms with E-state index in [4.69, 9.17) is 4.42 Å². The molecule has 1 aromatic carbocycles. The average molecular weight is 298 g/mol. The zero-order valence-electron chi connectivity index (χ0n) is 11.9. The Hall–Kier alpha value is -1.82. The lowest BCUT2D eigenvalue weighted by Gasteiger charge is -2.06. The van der Waals surface area contributed by atoms with E-state index in [0.717, 1.165) is 18.7 Å². The van der Waals surface area contributed by atoms with Crippen LogP contribution >= 0.6 is 0 Å². The molecule has 0 atom stereocenters. The fraction of sp³-hybridized carbons (Fsp3) is 0.400. The van der Waals surface area contributed by atoms with E-state index < -0.39 is 11.7 Å². The summed E-state index contributed by atoms with van der Waals surface area (Å²) in [6.07, 6.45) is -2.15. The van der Waals surface area contributed by atoms with E-state index in [0.29, 0.717) is 29.7 Å². The Labute approximate surface area is 121 Å². The Morgan fingerprint density at radius 1 is 1.19 bits per heavy atom. The van der Waals surface area contributed by atoms with Crippen molar-refractivity contribution in [2.24, 2.45) is 0 Å². The number of hydrogen-bond donors (Lipinski definition) is 1. The summed E-state index contributed by atoms with van der Waals surface area (Å²) in [6, 6.07) is 5.24. The number of halogens is 3. The van der Waals surface area contributed by atoms with Crippen molar-refractivity contribution in [3.63, 3.8) is 0 Å². The fourth-order valence-electron chi connectivity index (χ4n) is 1.85. The van der Waals surface area contributed by atoms with E-state index >= 15 is 0 Å². The highest BCUT2D eigenvalue weighted by atomic mass is 19.4. The van der Waals surface area contributed by atoms with Crippen LogP contribution in [0.1, 0.15) is 25.3 Å². The minimum atomic E-state index is -4.33. The molecule has 0 aliphatic rings. The lowest BCUT2D eigenvalue weighted by molar-refractivity contribution is -0.137. The lowest BCUT2D eigenvalue weighted by Crippen LogP contribution is -2.24. The molecule has 0 spiro atoms. The molecule has 0 unspecified atom stereocenters. The summed E-state index contributed by atoms with van der Waals surface area (Å²) < 4.78 is 43.0. The molecule has 0 fully saturated rings. The van der Waals surface area contributed by atoms with Crippen LogP contribution < -0.4 is 5.32 Å². The highest BCUT2D eigenvalue weighted by Gasteiger charge is 2.30. The van der Waals surface area contributed by atoms with Gasteiger partial charge in [0, 0.05) is 24.6 Å². The van der Waals surface area contributed by atoms with Crippen molar-refractivity contribution < 1.29 is 17.6 Å². The maximum absolute atomic E-state index is 12.5. The molecule has 3 nitrogen and oxygen atoms in total. The van der Waals surface area contributed by atoms with Crippen LogP contribution in [0.4, 0.5) is 13.2 Å². The predicted molar refractivity (Wildman–Crippen MR) is 73.8 cm³/mol. The van der Waals surface area contributed by atoms with Crippen LogP contribution in [0.2, 0.25) is 0 Å². The molecule has 0 bridgehead atoms. The quantitative estimate of drug-likeness (QED) is 0.909. The van der Waals surface area contributed by atoms with Gasteiger partial charge in [-0.2, -0.15) is 13.2 Å². The van der Waals surface area contributed by atoms with Crippen molar-refractivity contribution in [2.75, 3.05) is 6.54 Å². The molecule has 21 heavy (non-hydrogen) atoms. The van der Waals surface area contributed by atoms with Gasteiger partial charge < -0.3 is 9.73 Å². The molecule has 0 aliphatic heterocycles. The first-order valence-electron chi connectivity index (χ1n) is 6.72. The van der Waals surface area contributed by atoms with Crippen molar-refractivity contribution >= 4 is 0 Å². The summed E-state index contributed by atoms with van der Waals surface area (Å²) >= 11 is 0. The van der Waals surface area contributed by atoms with Gasteiger partial charge in [0.1, 0.15) is 0 Å². The largest absolute Gasteiger partial charge is 0.441 e. The van der Waals surface area contributed by atoms with E-state index in [1.165, 1.54) is 18.3 Å². The minimum Gasteiger partial charge on any atom is -0.441 e. The molecule has 0 saturated carbocycles. The van der Waals surface area contributed by atoms with E-state index in [1.54, 1.807) is 0 Å². The van der Waals surface area contributed by atoms with Crippen molar-refractivity contribution in [3.05, 3.63) is 41.9 Å². The third-order valence-corrected chi connectivity index (χ3v) is 2.94. The van der Waals surface area contributed by atoms with E-state index in [1.807, 2.05) is 13.8 Å². The molecule has 2 rings (SSSR count). The highest BCUT2D eigenvalue weighted by Crippen LogP contribution is 2.31. The van der Waals surface area contributed by atoms with Gasteiger partial charge >= 0.3 is 6.18 Å². The summed E-state index contributed by atoms with van der Waals surface area (Å²) in [5.41, 5.74) is -0.0920. The van der Waals surface area contributed by atoms with Crippen LogP contribution in [0.5, 0.6) is 0 Å². The molecule has 0 radical (unpaired) electrons. The van der Waals surface area contributed by atoms with Gasteiger partial charge in [-0.15, -0.1) is 0 Å². The van der Waals surface area contributed by atoms with Crippen molar-refractivity contribution in [1.82, 2.24) is 10.3 Å². The summed E-state index contributed by atoms with van der Waals surface area (Å²) in [4.78, 5) is 4.13. The normalized spacial score (nSPS) is 12.1. The van der Waals surface area contributed by atoms with Gasteiger partial charge in [-0.3, -0.25) is 0 Å². The molecule has 1 heterocycles. The topological polar surface area (TPSA) is 38.1 Å². The zero-order chi connectivity index (χ0) is 15.5. The second-order valence-electron chi connectivity index (χ2n) is 5.05. The first-order valence-corrected chi connectivity index (χ1v) is 6.72. The molecule has 114 valence electrons. The van der Waals surface area contributed by atoms with Gasteiger partial charge in [0.15, 0.2) is 11.7 Å². The third kappa shape index (κ3) is 4.32. The molecule has 1 aromatic heterocycles. The average Bonchev–Trinajstić information content (AvgIpc) is 2.86. The maximum atomic E-state index is 12.5. The lowest BCUT2D eigenvalue weighted by atomic mass is 10.1. The van der Waals surface area contributed by atoms with Gasteiger partial charge in [-0.1, -0.05) is 26.0 Å². The Balaban J connectivity index is 2.04. The van der Waals surface area contributed by atoms with Gasteiger partial charge in [0.25, 0.3) is 0 Å². The van der Waals surface area contributed by atoms with Crippen LogP contribution in [0, 0.1) is 0 Å². The van der Waals surface area contributed by atoms with Crippen LogP contribution in [-0.4, -0.2) is 17.6 Å². The smallest absolute Gasteiger partial charge is 0.416 e. The maximum Gasteiger partial charge on any atom is 0.416 e.